The van der Waals surface area contributed by atoms with Crippen molar-refractivity contribution >= 4 is 5.91 Å². The maximum atomic E-state index is 11.6. The van der Waals surface area contributed by atoms with Gasteiger partial charge in [0.25, 0.3) is 0 Å². The van der Waals surface area contributed by atoms with E-state index in [0.717, 1.165) is 25.9 Å². The summed E-state index contributed by atoms with van der Waals surface area (Å²) in [6.07, 6.45) is 4.03. The first-order valence-electron chi connectivity index (χ1n) is 6.45. The minimum atomic E-state index is -0.339. The average Bonchev–Trinajstić information content (AvgIpc) is 2.31. The maximum Gasteiger partial charge on any atom is 0.237 e. The summed E-state index contributed by atoms with van der Waals surface area (Å²) >= 11 is 0. The molecule has 1 amide bonds. The van der Waals surface area contributed by atoms with Gasteiger partial charge in [0.2, 0.25) is 5.91 Å². The zero-order valence-corrected chi connectivity index (χ0v) is 10.5. The molecule has 1 fully saturated rings. The van der Waals surface area contributed by atoms with Crippen LogP contribution in [0.3, 0.4) is 0 Å². The summed E-state index contributed by atoms with van der Waals surface area (Å²) in [5.41, 5.74) is 5.69. The van der Waals surface area contributed by atoms with Crippen molar-refractivity contribution in [2.24, 2.45) is 5.73 Å². The number of rotatable bonds is 5. The van der Waals surface area contributed by atoms with Crippen molar-refractivity contribution < 1.29 is 4.79 Å². The lowest BCUT2D eigenvalue weighted by molar-refractivity contribution is -0.123. The van der Waals surface area contributed by atoms with Gasteiger partial charge in [-0.3, -0.25) is 4.79 Å². The Hall–Kier alpha value is -0.610. The van der Waals surface area contributed by atoms with E-state index >= 15 is 0 Å². The largest absolute Gasteiger partial charge is 0.352 e. The first-order chi connectivity index (χ1) is 7.67. The Morgan fingerprint density at radius 3 is 2.56 bits per heavy atom. The number of carbonyl (C=O) groups is 1. The van der Waals surface area contributed by atoms with Gasteiger partial charge < -0.3 is 16.0 Å². The summed E-state index contributed by atoms with van der Waals surface area (Å²) in [5.74, 6) is 0.0106. The summed E-state index contributed by atoms with van der Waals surface area (Å²) in [6, 6.07) is -0.00752. The van der Waals surface area contributed by atoms with Gasteiger partial charge in [0.05, 0.1) is 6.04 Å². The molecule has 1 saturated heterocycles. The third kappa shape index (κ3) is 4.10. The van der Waals surface area contributed by atoms with E-state index in [1.54, 1.807) is 0 Å². The van der Waals surface area contributed by atoms with Crippen molar-refractivity contribution in [1.82, 2.24) is 10.2 Å². The summed E-state index contributed by atoms with van der Waals surface area (Å²) in [7, 11) is 0. The van der Waals surface area contributed by atoms with Gasteiger partial charge in [0.15, 0.2) is 0 Å². The molecule has 1 aliphatic heterocycles. The van der Waals surface area contributed by atoms with Crippen molar-refractivity contribution in [3.05, 3.63) is 0 Å². The fourth-order valence-corrected chi connectivity index (χ4v) is 2.11. The molecule has 16 heavy (non-hydrogen) atoms. The van der Waals surface area contributed by atoms with Crippen LogP contribution in [-0.2, 0) is 4.79 Å². The predicted octanol–water partition coefficient (Wildman–Crippen LogP) is 0.714. The molecule has 0 unspecified atom stereocenters. The van der Waals surface area contributed by atoms with Crippen molar-refractivity contribution in [3.8, 4) is 0 Å². The zero-order valence-electron chi connectivity index (χ0n) is 10.5. The Kier molecular flexibility index (Phi) is 5.77. The van der Waals surface area contributed by atoms with Crippen LogP contribution in [0.5, 0.6) is 0 Å². The van der Waals surface area contributed by atoms with E-state index in [2.05, 4.69) is 17.1 Å². The van der Waals surface area contributed by atoms with Crippen molar-refractivity contribution in [2.45, 2.75) is 51.6 Å². The molecule has 0 aromatic heterocycles. The zero-order chi connectivity index (χ0) is 12.0. The summed E-state index contributed by atoms with van der Waals surface area (Å²) in [5, 5.41) is 3.04. The topological polar surface area (TPSA) is 58.4 Å². The molecular formula is C12H25N3O. The number of piperidine rings is 1. The number of nitrogens with zero attached hydrogens (tertiary/aromatic N) is 1. The molecule has 0 saturated carbocycles. The van der Waals surface area contributed by atoms with Crippen LogP contribution in [0, 0.1) is 0 Å². The highest BCUT2D eigenvalue weighted by Crippen LogP contribution is 2.10. The molecule has 0 aromatic rings. The molecule has 1 heterocycles. The average molecular weight is 227 g/mol. The van der Waals surface area contributed by atoms with Crippen LogP contribution in [0.2, 0.25) is 0 Å². The molecular weight excluding hydrogens is 202 g/mol. The van der Waals surface area contributed by atoms with Crippen LogP contribution in [0.15, 0.2) is 0 Å². The fraction of sp³-hybridized carbons (Fsp3) is 0.917. The number of hydrogen-bond donors (Lipinski definition) is 2. The Labute approximate surface area is 98.6 Å². The predicted molar refractivity (Wildman–Crippen MR) is 66.2 cm³/mol. The molecule has 0 aliphatic carbocycles. The third-order valence-corrected chi connectivity index (χ3v) is 3.25. The molecule has 0 bridgehead atoms. The van der Waals surface area contributed by atoms with Crippen LogP contribution >= 0.6 is 0 Å². The van der Waals surface area contributed by atoms with Crippen LogP contribution < -0.4 is 11.1 Å². The highest BCUT2D eigenvalue weighted by molar-refractivity contribution is 5.81. The van der Waals surface area contributed by atoms with Crippen LogP contribution in [0.4, 0.5) is 0 Å². The van der Waals surface area contributed by atoms with Gasteiger partial charge in [-0.15, -0.1) is 0 Å². The Balaban J connectivity index is 2.24. The van der Waals surface area contributed by atoms with Gasteiger partial charge in [-0.1, -0.05) is 13.8 Å². The van der Waals surface area contributed by atoms with Gasteiger partial charge in [-0.05, 0) is 32.2 Å². The fourth-order valence-electron chi connectivity index (χ4n) is 2.11. The Morgan fingerprint density at radius 1 is 1.44 bits per heavy atom. The minimum Gasteiger partial charge on any atom is -0.352 e. The van der Waals surface area contributed by atoms with E-state index in [-0.39, 0.29) is 11.9 Å². The number of likely N-dealkylation sites (tertiary alicyclic amines) is 1. The van der Waals surface area contributed by atoms with Crippen LogP contribution in [0.25, 0.3) is 0 Å². The lowest BCUT2D eigenvalue weighted by Crippen LogP contribution is -2.49. The van der Waals surface area contributed by atoms with Crippen LogP contribution in [-0.4, -0.2) is 42.5 Å². The molecule has 0 radical (unpaired) electrons. The van der Waals surface area contributed by atoms with Gasteiger partial charge >= 0.3 is 0 Å². The lowest BCUT2D eigenvalue weighted by Gasteiger charge is -2.32. The van der Waals surface area contributed by atoms with E-state index < -0.39 is 0 Å². The second kappa shape index (κ2) is 6.86. The number of carbonyl (C=O) groups excluding carboxylic acids is 1. The molecule has 4 nitrogen and oxygen atoms in total. The standard InChI is InChI=1S/C12H25N3O/c1-3-7-15-8-5-10(6-9-15)14-12(16)11(13)4-2/h10-11H,3-9,13H2,1-2H3,(H,14,16)/t11-/m0/s1. The van der Waals surface area contributed by atoms with Crippen molar-refractivity contribution in [2.75, 3.05) is 19.6 Å². The first kappa shape index (κ1) is 13.5. The highest BCUT2D eigenvalue weighted by atomic mass is 16.2. The summed E-state index contributed by atoms with van der Waals surface area (Å²) < 4.78 is 0. The van der Waals surface area contributed by atoms with E-state index in [4.69, 9.17) is 5.73 Å². The second-order valence-corrected chi connectivity index (χ2v) is 4.64. The van der Waals surface area contributed by atoms with E-state index in [9.17, 15) is 4.79 Å². The third-order valence-electron chi connectivity index (χ3n) is 3.25. The smallest absolute Gasteiger partial charge is 0.237 e. The minimum absolute atomic E-state index is 0.0106. The quantitative estimate of drug-likeness (QED) is 0.727. The molecule has 0 aromatic carbocycles. The summed E-state index contributed by atoms with van der Waals surface area (Å²) in [4.78, 5) is 14.1. The van der Waals surface area contributed by atoms with Crippen molar-refractivity contribution in [1.29, 1.82) is 0 Å². The van der Waals surface area contributed by atoms with Crippen LogP contribution in [0.1, 0.15) is 39.5 Å². The number of amides is 1. The molecule has 1 rings (SSSR count). The summed E-state index contributed by atoms with van der Waals surface area (Å²) in [6.45, 7) is 7.51. The molecule has 3 N–H and O–H groups in total. The first-order valence-corrected chi connectivity index (χ1v) is 6.45. The molecule has 0 spiro atoms. The second-order valence-electron chi connectivity index (χ2n) is 4.64. The monoisotopic (exact) mass is 227 g/mol. The van der Waals surface area contributed by atoms with E-state index in [1.807, 2.05) is 6.92 Å². The highest BCUT2D eigenvalue weighted by Gasteiger charge is 2.21. The molecule has 94 valence electrons. The Morgan fingerprint density at radius 2 is 2.06 bits per heavy atom. The Bertz CT molecular complexity index is 212. The van der Waals surface area contributed by atoms with E-state index in [0.29, 0.717) is 12.5 Å². The lowest BCUT2D eigenvalue weighted by atomic mass is 10.0. The van der Waals surface area contributed by atoms with Gasteiger partial charge in [0.1, 0.15) is 0 Å². The molecule has 4 heteroatoms. The number of nitrogens with one attached hydrogen (secondary N) is 1. The molecule has 1 atom stereocenters. The number of hydrogen-bond acceptors (Lipinski definition) is 3. The number of nitrogens with two attached hydrogens (primary N) is 1. The maximum absolute atomic E-state index is 11.6. The van der Waals surface area contributed by atoms with Gasteiger partial charge in [-0.2, -0.15) is 0 Å². The van der Waals surface area contributed by atoms with Gasteiger partial charge in [0, 0.05) is 19.1 Å². The molecule has 1 aliphatic rings. The van der Waals surface area contributed by atoms with Gasteiger partial charge in [-0.25, -0.2) is 0 Å². The van der Waals surface area contributed by atoms with Crippen molar-refractivity contribution in [3.63, 3.8) is 0 Å². The van der Waals surface area contributed by atoms with E-state index in [1.165, 1.54) is 13.0 Å². The normalized spacial score (nSPS) is 20.7. The SMILES string of the molecule is CCCN1CCC(NC(=O)[C@@H](N)CC)CC1.